The van der Waals surface area contributed by atoms with Crippen LogP contribution in [0.2, 0.25) is 0 Å². The number of rotatable bonds is 8. The third kappa shape index (κ3) is 5.88. The second-order valence-electron chi connectivity index (χ2n) is 8.53. The van der Waals surface area contributed by atoms with Gasteiger partial charge in [-0.2, -0.15) is 0 Å². The summed E-state index contributed by atoms with van der Waals surface area (Å²) in [4.78, 5) is 17.2. The number of aryl methyl sites for hydroxylation is 1. The Kier molecular flexibility index (Phi) is 7.26. The van der Waals surface area contributed by atoms with Crippen LogP contribution in [-0.4, -0.2) is 42.8 Å². The van der Waals surface area contributed by atoms with Gasteiger partial charge in [-0.1, -0.05) is 30.3 Å². The normalized spacial score (nSPS) is 17.0. The van der Waals surface area contributed by atoms with Gasteiger partial charge in [0.1, 0.15) is 5.75 Å². The zero-order valence-electron chi connectivity index (χ0n) is 18.3. The first-order valence-electron chi connectivity index (χ1n) is 11.3. The monoisotopic (exact) mass is 420 g/mol. The van der Waals surface area contributed by atoms with Gasteiger partial charge in [0.25, 0.3) is 0 Å². The first-order chi connectivity index (χ1) is 15.2. The van der Waals surface area contributed by atoms with Crippen molar-refractivity contribution in [3.05, 3.63) is 65.9 Å². The summed E-state index contributed by atoms with van der Waals surface area (Å²) >= 11 is 0. The van der Waals surface area contributed by atoms with Crippen molar-refractivity contribution < 1.29 is 14.3 Å². The number of carbonyl (C=O) groups excluding carboxylic acids is 1. The number of aromatic amines is 1. The lowest BCUT2D eigenvalue weighted by molar-refractivity contribution is 0.121. The fourth-order valence-electron chi connectivity index (χ4n) is 4.69. The van der Waals surface area contributed by atoms with E-state index >= 15 is 0 Å². The molecule has 0 aliphatic carbocycles. The van der Waals surface area contributed by atoms with Crippen LogP contribution in [0, 0.1) is 5.92 Å². The molecule has 1 N–H and O–H groups in total. The van der Waals surface area contributed by atoms with Crippen molar-refractivity contribution in [2.75, 3.05) is 26.7 Å². The summed E-state index contributed by atoms with van der Waals surface area (Å²) in [5, 5.41) is 1.19. The zero-order valence-corrected chi connectivity index (χ0v) is 18.3. The average molecular weight is 421 g/mol. The number of nitrogens with one attached hydrogen (secondary N) is 1. The van der Waals surface area contributed by atoms with Crippen LogP contribution < -0.4 is 4.74 Å². The molecule has 1 aromatic heterocycles. The maximum absolute atomic E-state index is 11.3. The molecule has 4 rings (SSSR count). The number of hydrogen-bond donors (Lipinski definition) is 1. The molecule has 1 aliphatic rings. The van der Waals surface area contributed by atoms with Crippen LogP contribution >= 0.6 is 0 Å². The molecular weight excluding hydrogens is 388 g/mol. The maximum Gasteiger partial charge on any atom is 0.513 e. The number of unbranched alkanes of at least 4 members (excludes halogenated alkanes) is 1. The minimum Gasteiger partial charge on any atom is -0.437 e. The molecule has 0 bridgehead atoms. The molecule has 0 amide bonds. The summed E-state index contributed by atoms with van der Waals surface area (Å²) in [7, 11) is 1.31. The van der Waals surface area contributed by atoms with Crippen LogP contribution in [-0.2, 0) is 17.6 Å². The second kappa shape index (κ2) is 10.5. The Morgan fingerprint density at radius 3 is 2.87 bits per heavy atom. The van der Waals surface area contributed by atoms with E-state index in [9.17, 15) is 4.79 Å². The quantitative estimate of drug-likeness (QED) is 0.293. The number of benzene rings is 2. The van der Waals surface area contributed by atoms with Gasteiger partial charge in [0, 0.05) is 29.7 Å². The molecule has 0 spiro atoms. The predicted octanol–water partition coefficient (Wildman–Crippen LogP) is 5.59. The molecule has 5 heteroatoms. The number of piperidine rings is 1. The number of aromatic nitrogens is 1. The predicted molar refractivity (Wildman–Crippen MR) is 124 cm³/mol. The van der Waals surface area contributed by atoms with Crippen LogP contribution in [0.5, 0.6) is 5.75 Å². The van der Waals surface area contributed by atoms with Crippen LogP contribution in [0.15, 0.2) is 54.7 Å². The molecule has 0 radical (unpaired) electrons. The number of hydrogen-bond acceptors (Lipinski definition) is 4. The van der Waals surface area contributed by atoms with Gasteiger partial charge in [-0.15, -0.1) is 0 Å². The topological polar surface area (TPSA) is 54.6 Å². The van der Waals surface area contributed by atoms with Gasteiger partial charge in [0.05, 0.1) is 7.11 Å². The number of carbonyl (C=O) groups is 1. The van der Waals surface area contributed by atoms with E-state index in [0.717, 1.165) is 17.9 Å². The molecule has 1 fully saturated rings. The highest BCUT2D eigenvalue weighted by Crippen LogP contribution is 2.25. The summed E-state index contributed by atoms with van der Waals surface area (Å²) in [6.45, 7) is 3.65. The van der Waals surface area contributed by atoms with Crippen LogP contribution in [0.3, 0.4) is 0 Å². The summed E-state index contributed by atoms with van der Waals surface area (Å²) in [6.07, 6.45) is 8.69. The highest BCUT2D eigenvalue weighted by Gasteiger charge is 2.19. The largest absolute Gasteiger partial charge is 0.513 e. The number of ether oxygens (including phenoxy) is 2. The molecule has 2 aromatic carbocycles. The summed E-state index contributed by atoms with van der Waals surface area (Å²) in [5.74, 6) is 1.27. The first-order valence-corrected chi connectivity index (χ1v) is 11.3. The lowest BCUT2D eigenvalue weighted by atomic mass is 9.91. The van der Waals surface area contributed by atoms with E-state index in [2.05, 4.69) is 51.1 Å². The molecule has 3 aromatic rings. The van der Waals surface area contributed by atoms with Crippen molar-refractivity contribution in [1.29, 1.82) is 0 Å². The van der Waals surface area contributed by atoms with Gasteiger partial charge in [-0.3, -0.25) is 0 Å². The van der Waals surface area contributed by atoms with Gasteiger partial charge in [0.2, 0.25) is 0 Å². The van der Waals surface area contributed by atoms with E-state index in [0.29, 0.717) is 5.75 Å². The second-order valence-corrected chi connectivity index (χ2v) is 8.53. The maximum atomic E-state index is 11.3. The van der Waals surface area contributed by atoms with Gasteiger partial charge in [-0.25, -0.2) is 4.79 Å². The number of fused-ring (bicyclic) bond motifs is 1. The Morgan fingerprint density at radius 2 is 2.03 bits per heavy atom. The molecule has 1 aliphatic heterocycles. The molecule has 164 valence electrons. The minimum absolute atomic E-state index is 0.489. The SMILES string of the molecule is COC(=O)Oc1ccc2c(CCCCN3CCCC(Cc4ccccc4)C3)c[nH]c2c1. The molecule has 1 saturated heterocycles. The van der Waals surface area contributed by atoms with E-state index in [4.69, 9.17) is 4.74 Å². The third-order valence-electron chi connectivity index (χ3n) is 6.25. The van der Waals surface area contributed by atoms with E-state index in [-0.39, 0.29) is 0 Å². The number of methoxy groups -OCH3 is 1. The van der Waals surface area contributed by atoms with Crippen molar-refractivity contribution in [3.8, 4) is 5.75 Å². The third-order valence-corrected chi connectivity index (χ3v) is 6.25. The summed E-state index contributed by atoms with van der Waals surface area (Å²) in [6, 6.07) is 16.6. The van der Waals surface area contributed by atoms with Gasteiger partial charge >= 0.3 is 6.16 Å². The van der Waals surface area contributed by atoms with E-state index in [1.165, 1.54) is 75.4 Å². The van der Waals surface area contributed by atoms with Crippen LogP contribution in [0.1, 0.15) is 36.8 Å². The Bertz CT molecular complexity index is 983. The number of likely N-dealkylation sites (tertiary alicyclic amines) is 1. The van der Waals surface area contributed by atoms with Gasteiger partial charge in [0.15, 0.2) is 0 Å². The number of nitrogens with zero attached hydrogens (tertiary/aromatic N) is 1. The van der Waals surface area contributed by atoms with E-state index < -0.39 is 6.16 Å². The molecule has 0 saturated carbocycles. The smallest absolute Gasteiger partial charge is 0.437 e. The fraction of sp³-hybridized carbons (Fsp3) is 0.423. The van der Waals surface area contributed by atoms with E-state index in [1.807, 2.05) is 18.2 Å². The molecule has 1 unspecified atom stereocenters. The Hall–Kier alpha value is -2.79. The molecule has 2 heterocycles. The lowest BCUT2D eigenvalue weighted by Gasteiger charge is -2.32. The molecule has 5 nitrogen and oxygen atoms in total. The van der Waals surface area contributed by atoms with Crippen LogP contribution in [0.4, 0.5) is 4.79 Å². The van der Waals surface area contributed by atoms with Crippen molar-refractivity contribution in [2.45, 2.75) is 38.5 Å². The highest BCUT2D eigenvalue weighted by atomic mass is 16.7. The van der Waals surface area contributed by atoms with Gasteiger partial charge in [-0.05, 0) is 80.8 Å². The van der Waals surface area contributed by atoms with E-state index in [1.54, 1.807) is 0 Å². The van der Waals surface area contributed by atoms with Crippen LogP contribution in [0.25, 0.3) is 10.9 Å². The average Bonchev–Trinajstić information content (AvgIpc) is 3.20. The highest BCUT2D eigenvalue weighted by molar-refractivity contribution is 5.85. The van der Waals surface area contributed by atoms with Crippen molar-refractivity contribution in [1.82, 2.24) is 9.88 Å². The Labute approximate surface area is 184 Å². The van der Waals surface area contributed by atoms with Crippen molar-refractivity contribution >= 4 is 17.1 Å². The number of H-pyrrole nitrogens is 1. The fourth-order valence-corrected chi connectivity index (χ4v) is 4.69. The summed E-state index contributed by atoms with van der Waals surface area (Å²) in [5.41, 5.74) is 3.77. The Balaban J connectivity index is 1.23. The molecule has 1 atom stereocenters. The Morgan fingerprint density at radius 1 is 1.16 bits per heavy atom. The lowest BCUT2D eigenvalue weighted by Crippen LogP contribution is -2.36. The standard InChI is InChI=1S/C26H32N2O3/c1-30-26(29)31-23-12-13-24-22(18-27-25(24)17-23)11-5-6-14-28-15-7-10-21(19-28)16-20-8-3-2-4-9-20/h2-4,8-9,12-13,17-18,21,27H,5-7,10-11,14-16,19H2,1H3. The molecule has 31 heavy (non-hydrogen) atoms. The van der Waals surface area contributed by atoms with Crippen molar-refractivity contribution in [3.63, 3.8) is 0 Å². The summed E-state index contributed by atoms with van der Waals surface area (Å²) < 4.78 is 9.65. The zero-order chi connectivity index (χ0) is 21.5. The minimum atomic E-state index is -0.699. The first kappa shape index (κ1) is 21.4. The molecular formula is C26H32N2O3. The van der Waals surface area contributed by atoms with Crippen molar-refractivity contribution in [2.24, 2.45) is 5.92 Å². The van der Waals surface area contributed by atoms with Gasteiger partial charge < -0.3 is 19.4 Å².